The van der Waals surface area contributed by atoms with E-state index >= 15 is 8.78 Å². The molecule has 0 aliphatic heterocycles. The van der Waals surface area contributed by atoms with Crippen LogP contribution in [0.4, 0.5) is 35.1 Å². The first-order valence-corrected chi connectivity index (χ1v) is 17.8. The Kier molecular flexibility index (Phi) is 9.99. The van der Waals surface area contributed by atoms with Crippen LogP contribution in [0.15, 0.2) is 110 Å². The van der Waals surface area contributed by atoms with Crippen molar-refractivity contribution in [1.29, 1.82) is 0 Å². The van der Waals surface area contributed by atoms with Gasteiger partial charge in [0.05, 0.1) is 22.6 Å². The van der Waals surface area contributed by atoms with E-state index in [4.69, 9.17) is 0 Å². The van der Waals surface area contributed by atoms with Crippen molar-refractivity contribution in [3.05, 3.63) is 155 Å². The van der Waals surface area contributed by atoms with Crippen LogP contribution >= 0.6 is 0 Å². The normalized spacial score (nSPS) is 12.3. The van der Waals surface area contributed by atoms with Crippen LogP contribution in [-0.2, 0) is 33.7 Å². The van der Waals surface area contributed by atoms with Gasteiger partial charge in [-0.05, 0) is 94.8 Å². The SMILES string of the molecule is Cc1ccc(-c2ccncc2-c2ccc(CS(=O)(=O)Cc3ccc(-c4cnccc4-c4ccc(C)c(C(F)(F)F)c4)cc3F)c(F)c2)cc1C(F)(F)F. The van der Waals surface area contributed by atoms with Crippen LogP contribution in [0.3, 0.4) is 0 Å². The van der Waals surface area contributed by atoms with Gasteiger partial charge in [0.25, 0.3) is 0 Å². The lowest BCUT2D eigenvalue weighted by atomic mass is 9.93. The van der Waals surface area contributed by atoms with Gasteiger partial charge < -0.3 is 0 Å². The molecule has 0 amide bonds. The van der Waals surface area contributed by atoms with Gasteiger partial charge in [-0.1, -0.05) is 48.5 Å². The van der Waals surface area contributed by atoms with Gasteiger partial charge in [-0.15, -0.1) is 0 Å². The first-order valence-electron chi connectivity index (χ1n) is 15.9. The molecule has 6 aromatic rings. The first-order chi connectivity index (χ1) is 24.9. The Morgan fingerprint density at radius 1 is 0.509 bits per heavy atom. The number of aromatic nitrogens is 2. The third-order valence-electron chi connectivity index (χ3n) is 8.83. The molecule has 53 heavy (non-hydrogen) atoms. The van der Waals surface area contributed by atoms with E-state index in [0.29, 0.717) is 22.3 Å². The van der Waals surface area contributed by atoms with Gasteiger partial charge in [-0.25, -0.2) is 17.2 Å². The molecular formula is C40H28F8N2O2S. The summed E-state index contributed by atoms with van der Waals surface area (Å²) >= 11 is 0. The number of sulfone groups is 1. The molecule has 272 valence electrons. The third kappa shape index (κ3) is 8.15. The van der Waals surface area contributed by atoms with Crippen molar-refractivity contribution in [2.45, 2.75) is 37.7 Å². The van der Waals surface area contributed by atoms with Gasteiger partial charge in [0.2, 0.25) is 0 Å². The maximum absolute atomic E-state index is 15.4. The average molecular weight is 753 g/mol. The van der Waals surface area contributed by atoms with Crippen molar-refractivity contribution in [3.8, 4) is 44.5 Å². The standard InChI is InChI=1S/C40H28F8N2O2S/c1-23-3-5-25(15-35(23)39(43,44)45)31-11-13-49-19-33(31)27-7-9-29(37(41)17-27)21-53(51,52)22-30-10-8-28(18-38(30)42)34-20-50-14-12-32(34)26-6-4-24(2)36(16-26)40(46,47)48/h3-20H,21-22H2,1-2H3. The maximum Gasteiger partial charge on any atom is 0.416 e. The summed E-state index contributed by atoms with van der Waals surface area (Å²) in [5.74, 6) is -3.36. The zero-order chi connectivity index (χ0) is 38.3. The minimum Gasteiger partial charge on any atom is -0.264 e. The van der Waals surface area contributed by atoms with E-state index in [9.17, 15) is 34.8 Å². The molecule has 0 atom stereocenters. The Bertz CT molecular complexity index is 2300. The van der Waals surface area contributed by atoms with Crippen LogP contribution in [0, 0.1) is 25.5 Å². The number of aryl methyl sites for hydroxylation is 2. The molecule has 0 unspecified atom stereocenters. The quantitative estimate of drug-likeness (QED) is 0.145. The second kappa shape index (κ2) is 14.2. The van der Waals surface area contributed by atoms with E-state index in [1.54, 1.807) is 0 Å². The highest BCUT2D eigenvalue weighted by atomic mass is 32.2. The fraction of sp³-hybridized carbons (Fsp3) is 0.150. The molecule has 2 heterocycles. The lowest BCUT2D eigenvalue weighted by Crippen LogP contribution is -2.10. The van der Waals surface area contributed by atoms with Crippen LogP contribution in [0.2, 0.25) is 0 Å². The van der Waals surface area contributed by atoms with Crippen molar-refractivity contribution < 1.29 is 43.5 Å². The van der Waals surface area contributed by atoms with Crippen LogP contribution in [0.25, 0.3) is 44.5 Å². The zero-order valence-corrected chi connectivity index (χ0v) is 28.8. The molecule has 0 saturated carbocycles. The highest BCUT2D eigenvalue weighted by molar-refractivity contribution is 7.89. The monoisotopic (exact) mass is 752 g/mol. The summed E-state index contributed by atoms with van der Waals surface area (Å²) in [5, 5.41) is 0. The number of rotatable bonds is 8. The predicted octanol–water partition coefficient (Wildman–Crippen LogP) is 11.2. The highest BCUT2D eigenvalue weighted by Crippen LogP contribution is 2.40. The molecule has 0 aliphatic rings. The number of nitrogens with zero attached hydrogens (tertiary/aromatic N) is 2. The Hall–Kier alpha value is -5.43. The smallest absolute Gasteiger partial charge is 0.264 e. The van der Waals surface area contributed by atoms with E-state index in [0.717, 1.165) is 24.3 Å². The number of benzene rings is 4. The molecule has 0 radical (unpaired) electrons. The lowest BCUT2D eigenvalue weighted by Gasteiger charge is -2.15. The molecule has 6 rings (SSSR count). The Morgan fingerprint density at radius 2 is 0.868 bits per heavy atom. The Balaban J connectivity index is 1.23. The van der Waals surface area contributed by atoms with Gasteiger partial charge in [0.15, 0.2) is 9.84 Å². The predicted molar refractivity (Wildman–Crippen MR) is 186 cm³/mol. The molecule has 4 nitrogen and oxygen atoms in total. The summed E-state index contributed by atoms with van der Waals surface area (Å²) in [6, 6.07) is 18.2. The van der Waals surface area contributed by atoms with E-state index in [2.05, 4.69) is 9.97 Å². The molecule has 0 spiro atoms. The van der Waals surface area contributed by atoms with Crippen molar-refractivity contribution >= 4 is 9.84 Å². The first kappa shape index (κ1) is 37.3. The topological polar surface area (TPSA) is 59.9 Å². The van der Waals surface area contributed by atoms with Gasteiger partial charge in [-0.2, -0.15) is 26.3 Å². The van der Waals surface area contributed by atoms with Crippen molar-refractivity contribution in [3.63, 3.8) is 0 Å². The summed E-state index contributed by atoms with van der Waals surface area (Å²) < 4.78 is 139. The highest BCUT2D eigenvalue weighted by Gasteiger charge is 2.34. The van der Waals surface area contributed by atoms with E-state index in [1.165, 1.54) is 99.3 Å². The van der Waals surface area contributed by atoms with E-state index < -0.39 is 56.5 Å². The zero-order valence-electron chi connectivity index (χ0n) is 27.9. The number of alkyl halides is 6. The van der Waals surface area contributed by atoms with Crippen LogP contribution in [-0.4, -0.2) is 18.4 Å². The fourth-order valence-corrected chi connectivity index (χ4v) is 7.65. The average Bonchev–Trinajstić information content (AvgIpc) is 3.09. The largest absolute Gasteiger partial charge is 0.416 e. The molecule has 0 aliphatic carbocycles. The van der Waals surface area contributed by atoms with Gasteiger partial charge in [-0.3, -0.25) is 9.97 Å². The van der Waals surface area contributed by atoms with Crippen LogP contribution < -0.4 is 0 Å². The van der Waals surface area contributed by atoms with Crippen molar-refractivity contribution in [2.24, 2.45) is 0 Å². The molecule has 0 bridgehead atoms. The molecule has 0 saturated heterocycles. The fourth-order valence-electron chi connectivity index (χ4n) is 6.13. The minimum absolute atomic E-state index is 0.0380. The number of hydrogen-bond acceptors (Lipinski definition) is 4. The molecule has 0 fully saturated rings. The molecule has 13 heteroatoms. The molecule has 0 N–H and O–H groups in total. The molecule has 4 aromatic carbocycles. The second-order valence-electron chi connectivity index (χ2n) is 12.5. The molecule has 2 aromatic heterocycles. The Morgan fingerprint density at radius 3 is 1.23 bits per heavy atom. The second-order valence-corrected chi connectivity index (χ2v) is 14.6. The number of halogens is 8. The number of pyridine rings is 2. The Labute approximate surface area is 299 Å². The van der Waals surface area contributed by atoms with Crippen molar-refractivity contribution in [2.75, 3.05) is 0 Å². The summed E-state index contributed by atoms with van der Waals surface area (Å²) in [5.41, 5.74) is 0.327. The third-order valence-corrected chi connectivity index (χ3v) is 10.3. The van der Waals surface area contributed by atoms with Crippen LogP contribution in [0.1, 0.15) is 33.4 Å². The summed E-state index contributed by atoms with van der Waals surface area (Å²) in [6.07, 6.45) is -3.65. The van der Waals surface area contributed by atoms with E-state index in [1.807, 2.05) is 0 Å². The number of hydrogen-bond donors (Lipinski definition) is 0. The van der Waals surface area contributed by atoms with E-state index in [-0.39, 0.29) is 44.5 Å². The van der Waals surface area contributed by atoms with Crippen molar-refractivity contribution in [1.82, 2.24) is 9.97 Å². The lowest BCUT2D eigenvalue weighted by molar-refractivity contribution is -0.138. The maximum atomic E-state index is 15.4. The summed E-state index contributed by atoms with van der Waals surface area (Å²) in [4.78, 5) is 8.09. The van der Waals surface area contributed by atoms with Gasteiger partial charge in [0.1, 0.15) is 11.6 Å². The molecular weight excluding hydrogens is 725 g/mol. The summed E-state index contributed by atoms with van der Waals surface area (Å²) in [7, 11) is -4.15. The minimum atomic E-state index is -4.59. The van der Waals surface area contributed by atoms with Gasteiger partial charge >= 0.3 is 12.4 Å². The summed E-state index contributed by atoms with van der Waals surface area (Å²) in [6.45, 7) is 2.69. The van der Waals surface area contributed by atoms with Gasteiger partial charge in [0, 0.05) is 47.0 Å². The van der Waals surface area contributed by atoms with Crippen LogP contribution in [0.5, 0.6) is 0 Å².